The predicted octanol–water partition coefficient (Wildman–Crippen LogP) is 2.48. The normalized spacial score (nSPS) is 10.8. The van der Waals surface area contributed by atoms with E-state index in [4.69, 9.17) is 9.47 Å². The molecule has 0 saturated heterocycles. The van der Waals surface area contributed by atoms with Gasteiger partial charge in [0, 0.05) is 0 Å². The molecule has 0 aromatic rings. The number of hydrogen-bond donors (Lipinski definition) is 0. The van der Waals surface area contributed by atoms with Crippen molar-refractivity contribution >= 4 is 11.9 Å². The third-order valence-corrected chi connectivity index (χ3v) is 2.63. The molecule has 0 unspecified atom stereocenters. The van der Waals surface area contributed by atoms with E-state index in [1.165, 1.54) is 6.92 Å². The first-order chi connectivity index (χ1) is 7.94. The van der Waals surface area contributed by atoms with E-state index in [1.807, 2.05) is 6.92 Å². The van der Waals surface area contributed by atoms with Crippen LogP contribution in [0.5, 0.6) is 0 Å². The molecule has 0 aromatic heterocycles. The van der Waals surface area contributed by atoms with Crippen molar-refractivity contribution in [3.05, 3.63) is 12.2 Å². The molecule has 0 rings (SSSR count). The molecule has 0 heterocycles. The van der Waals surface area contributed by atoms with E-state index in [2.05, 4.69) is 6.58 Å². The Morgan fingerprint density at radius 1 is 1.06 bits per heavy atom. The average Bonchev–Trinajstić information content (AvgIpc) is 2.28. The summed E-state index contributed by atoms with van der Waals surface area (Å²) in [5.74, 6) is -1.17. The SMILES string of the molecule is C=C(CCC)C(C)(C(=O)OCC)C(=O)OCC. The first-order valence-electron chi connectivity index (χ1n) is 5.97. The predicted molar refractivity (Wildman–Crippen MR) is 65.4 cm³/mol. The highest BCUT2D eigenvalue weighted by Gasteiger charge is 2.46. The molecule has 0 aliphatic rings. The van der Waals surface area contributed by atoms with E-state index in [0.29, 0.717) is 12.0 Å². The Bertz CT molecular complexity index is 248. The van der Waals surface area contributed by atoms with Gasteiger partial charge in [0.25, 0.3) is 0 Å². The van der Waals surface area contributed by atoms with Crippen LogP contribution in [0.3, 0.4) is 0 Å². The van der Waals surface area contributed by atoms with E-state index in [0.717, 1.165) is 6.42 Å². The lowest BCUT2D eigenvalue weighted by molar-refractivity contribution is -0.167. The summed E-state index contributed by atoms with van der Waals surface area (Å²) in [5, 5.41) is 0. The first-order valence-corrected chi connectivity index (χ1v) is 5.97. The minimum absolute atomic E-state index is 0.229. The lowest BCUT2D eigenvalue weighted by atomic mass is 9.80. The summed E-state index contributed by atoms with van der Waals surface area (Å²) in [6.45, 7) is 11.2. The molecule has 4 heteroatoms. The number of carbonyl (C=O) groups excluding carboxylic acids is 2. The van der Waals surface area contributed by atoms with Crippen molar-refractivity contribution in [2.75, 3.05) is 13.2 Å². The van der Waals surface area contributed by atoms with Gasteiger partial charge in [-0.3, -0.25) is 9.59 Å². The second-order valence-electron chi connectivity index (χ2n) is 3.92. The van der Waals surface area contributed by atoms with E-state index in [-0.39, 0.29) is 13.2 Å². The summed E-state index contributed by atoms with van der Waals surface area (Å²) in [6, 6.07) is 0. The van der Waals surface area contributed by atoms with E-state index in [1.54, 1.807) is 13.8 Å². The van der Waals surface area contributed by atoms with Crippen LogP contribution in [0, 0.1) is 5.41 Å². The van der Waals surface area contributed by atoms with Crippen molar-refractivity contribution in [2.24, 2.45) is 5.41 Å². The van der Waals surface area contributed by atoms with Crippen molar-refractivity contribution in [3.8, 4) is 0 Å². The third-order valence-electron chi connectivity index (χ3n) is 2.63. The number of carbonyl (C=O) groups is 2. The molecule has 0 atom stereocenters. The van der Waals surface area contributed by atoms with E-state index >= 15 is 0 Å². The number of ether oxygens (including phenoxy) is 2. The fraction of sp³-hybridized carbons (Fsp3) is 0.692. The Hall–Kier alpha value is -1.32. The highest BCUT2D eigenvalue weighted by atomic mass is 16.6. The van der Waals surface area contributed by atoms with Gasteiger partial charge in [-0.15, -0.1) is 0 Å². The monoisotopic (exact) mass is 242 g/mol. The molecule has 0 spiro atoms. The van der Waals surface area contributed by atoms with Crippen LogP contribution in [0.4, 0.5) is 0 Å². The number of rotatable bonds is 7. The molecule has 0 amide bonds. The van der Waals surface area contributed by atoms with Crippen LogP contribution in [-0.2, 0) is 19.1 Å². The Morgan fingerprint density at radius 3 is 1.76 bits per heavy atom. The molecule has 0 aliphatic carbocycles. The molecule has 0 bridgehead atoms. The highest BCUT2D eigenvalue weighted by molar-refractivity contribution is 6.02. The van der Waals surface area contributed by atoms with Crippen molar-refractivity contribution in [2.45, 2.75) is 40.5 Å². The molecule has 17 heavy (non-hydrogen) atoms. The fourth-order valence-electron chi connectivity index (χ4n) is 1.47. The minimum Gasteiger partial charge on any atom is -0.465 e. The summed E-state index contributed by atoms with van der Waals surface area (Å²) in [5.41, 5.74) is -0.848. The fourth-order valence-corrected chi connectivity index (χ4v) is 1.47. The largest absolute Gasteiger partial charge is 0.465 e. The highest BCUT2D eigenvalue weighted by Crippen LogP contribution is 2.32. The van der Waals surface area contributed by atoms with Gasteiger partial charge < -0.3 is 9.47 Å². The third kappa shape index (κ3) is 3.58. The molecule has 0 radical (unpaired) electrons. The second-order valence-corrected chi connectivity index (χ2v) is 3.92. The summed E-state index contributed by atoms with van der Waals surface area (Å²) in [4.78, 5) is 23.8. The molecule has 0 fully saturated rings. The quantitative estimate of drug-likeness (QED) is 0.391. The maximum absolute atomic E-state index is 11.9. The van der Waals surface area contributed by atoms with Crippen LogP contribution >= 0.6 is 0 Å². The van der Waals surface area contributed by atoms with Crippen LogP contribution in [0.2, 0.25) is 0 Å². The van der Waals surface area contributed by atoms with Gasteiger partial charge in [0.2, 0.25) is 0 Å². The van der Waals surface area contributed by atoms with Crippen LogP contribution in [0.25, 0.3) is 0 Å². The summed E-state index contributed by atoms with van der Waals surface area (Å²) >= 11 is 0. The lowest BCUT2D eigenvalue weighted by Crippen LogP contribution is -2.41. The molecule has 98 valence electrons. The van der Waals surface area contributed by atoms with Crippen LogP contribution in [-0.4, -0.2) is 25.2 Å². The van der Waals surface area contributed by atoms with Gasteiger partial charge in [0.1, 0.15) is 0 Å². The standard InChI is InChI=1S/C13H22O4/c1-6-9-10(4)13(5,11(14)16-7-2)12(15)17-8-3/h4,6-9H2,1-3,5H3. The van der Waals surface area contributed by atoms with Crippen molar-refractivity contribution in [1.82, 2.24) is 0 Å². The van der Waals surface area contributed by atoms with Crippen LogP contribution in [0.15, 0.2) is 12.2 Å². The topological polar surface area (TPSA) is 52.6 Å². The van der Waals surface area contributed by atoms with Crippen molar-refractivity contribution in [3.63, 3.8) is 0 Å². The first kappa shape index (κ1) is 15.7. The maximum atomic E-state index is 11.9. The van der Waals surface area contributed by atoms with Crippen LogP contribution in [0.1, 0.15) is 40.5 Å². The second kappa shape index (κ2) is 7.09. The van der Waals surface area contributed by atoms with E-state index in [9.17, 15) is 9.59 Å². The molecular weight excluding hydrogens is 220 g/mol. The van der Waals surface area contributed by atoms with Crippen molar-refractivity contribution in [1.29, 1.82) is 0 Å². The van der Waals surface area contributed by atoms with E-state index < -0.39 is 17.4 Å². The Balaban J connectivity index is 5.12. The molecule has 0 saturated carbocycles. The Kier molecular flexibility index (Phi) is 6.54. The van der Waals surface area contributed by atoms with Gasteiger partial charge in [-0.1, -0.05) is 19.9 Å². The average molecular weight is 242 g/mol. The van der Waals surface area contributed by atoms with Crippen LogP contribution < -0.4 is 0 Å². The smallest absolute Gasteiger partial charge is 0.327 e. The minimum atomic E-state index is -1.39. The zero-order chi connectivity index (χ0) is 13.5. The van der Waals surface area contributed by atoms with Gasteiger partial charge in [0.05, 0.1) is 13.2 Å². The molecule has 0 aliphatic heterocycles. The van der Waals surface area contributed by atoms with Gasteiger partial charge >= 0.3 is 11.9 Å². The van der Waals surface area contributed by atoms with Gasteiger partial charge in [-0.05, 0) is 32.8 Å². The summed E-state index contributed by atoms with van der Waals surface area (Å²) in [6.07, 6.45) is 1.40. The van der Waals surface area contributed by atoms with Gasteiger partial charge in [-0.25, -0.2) is 0 Å². The molecule has 0 aromatic carbocycles. The Labute approximate surface area is 103 Å². The summed E-state index contributed by atoms with van der Waals surface area (Å²) < 4.78 is 9.88. The van der Waals surface area contributed by atoms with Gasteiger partial charge in [0.15, 0.2) is 5.41 Å². The number of esters is 2. The molecule has 4 nitrogen and oxygen atoms in total. The molecule has 0 N–H and O–H groups in total. The van der Waals surface area contributed by atoms with Crippen molar-refractivity contribution < 1.29 is 19.1 Å². The zero-order valence-corrected chi connectivity index (χ0v) is 11.2. The molecular formula is C13H22O4. The number of hydrogen-bond acceptors (Lipinski definition) is 4. The van der Waals surface area contributed by atoms with Gasteiger partial charge in [-0.2, -0.15) is 0 Å². The zero-order valence-electron chi connectivity index (χ0n) is 11.2. The Morgan fingerprint density at radius 2 is 1.47 bits per heavy atom. The lowest BCUT2D eigenvalue weighted by Gasteiger charge is -2.27. The maximum Gasteiger partial charge on any atom is 0.327 e. The summed E-state index contributed by atoms with van der Waals surface area (Å²) in [7, 11) is 0.